The third-order valence-electron chi connectivity index (χ3n) is 3.56. The third kappa shape index (κ3) is 4.90. The highest BCUT2D eigenvalue weighted by atomic mass is 35.5. The van der Waals surface area contributed by atoms with Crippen molar-refractivity contribution in [3.05, 3.63) is 52.6 Å². The van der Waals surface area contributed by atoms with Gasteiger partial charge in [-0.25, -0.2) is 0 Å². The zero-order valence-electron chi connectivity index (χ0n) is 12.5. The summed E-state index contributed by atoms with van der Waals surface area (Å²) in [5.74, 6) is 0.902. The molecule has 0 radical (unpaired) electrons. The van der Waals surface area contributed by atoms with Gasteiger partial charge in [-0.05, 0) is 48.6 Å². The minimum atomic E-state index is -0.00717. The van der Waals surface area contributed by atoms with Crippen LogP contribution >= 0.6 is 11.6 Å². The fourth-order valence-electron chi connectivity index (χ4n) is 2.51. The molecule has 1 aliphatic rings. The summed E-state index contributed by atoms with van der Waals surface area (Å²) in [4.78, 5) is 0. The van der Waals surface area contributed by atoms with Crippen molar-refractivity contribution in [1.82, 2.24) is 0 Å². The summed E-state index contributed by atoms with van der Waals surface area (Å²) in [6, 6.07) is 8.27. The van der Waals surface area contributed by atoms with Crippen molar-refractivity contribution in [1.29, 1.82) is 0 Å². The second-order valence-electron chi connectivity index (χ2n) is 5.36. The highest BCUT2D eigenvalue weighted by Crippen LogP contribution is 2.28. The molecule has 0 saturated carbocycles. The molecule has 2 rings (SSSR count). The number of ether oxygens (including phenoxy) is 1. The molecule has 0 spiro atoms. The molecular formula is C18H23ClO2. The molecule has 1 N–H and O–H groups in total. The van der Waals surface area contributed by atoms with Crippen LogP contribution in [0, 0.1) is 0 Å². The second kappa shape index (κ2) is 8.26. The molecule has 1 unspecified atom stereocenters. The second-order valence-corrected chi connectivity index (χ2v) is 5.77. The summed E-state index contributed by atoms with van der Waals surface area (Å²) in [6.07, 6.45) is 8.70. The van der Waals surface area contributed by atoms with Gasteiger partial charge in [0.05, 0.1) is 0 Å². The lowest BCUT2D eigenvalue weighted by molar-refractivity contribution is 0.250. The van der Waals surface area contributed by atoms with Gasteiger partial charge in [0.25, 0.3) is 0 Å². The lowest BCUT2D eigenvalue weighted by Gasteiger charge is -2.20. The van der Waals surface area contributed by atoms with Crippen LogP contribution < -0.4 is 4.74 Å². The number of benzene rings is 1. The number of rotatable bonds is 7. The summed E-state index contributed by atoms with van der Waals surface area (Å²) in [5, 5.41) is 9.64. The Morgan fingerprint density at radius 2 is 2.19 bits per heavy atom. The van der Waals surface area contributed by atoms with Gasteiger partial charge in [0.15, 0.2) is 0 Å². The molecule has 1 aliphatic carbocycles. The van der Waals surface area contributed by atoms with Crippen molar-refractivity contribution >= 4 is 11.6 Å². The molecule has 0 saturated heterocycles. The van der Waals surface area contributed by atoms with Gasteiger partial charge < -0.3 is 9.84 Å². The predicted octanol–water partition coefficient (Wildman–Crippen LogP) is 4.61. The monoisotopic (exact) mass is 306 g/mol. The van der Waals surface area contributed by atoms with Gasteiger partial charge in [-0.2, -0.15) is 0 Å². The Hall–Kier alpha value is -1.25. The standard InChI is InChI=1S/C18H23ClO2/c1-2-5-14-6-3-8-16(12-14)21-17-10-9-15(7-4-11-20)18(19)13-17/h3,6,8-9,12-13,17,20H,2,4-5,7,10-11H2,1H3. The molecule has 1 aromatic carbocycles. The molecule has 3 heteroatoms. The number of halogens is 1. The van der Waals surface area contributed by atoms with Crippen LogP contribution in [0.15, 0.2) is 47.0 Å². The number of allylic oxidation sites excluding steroid dienone is 2. The largest absolute Gasteiger partial charge is 0.486 e. The topological polar surface area (TPSA) is 29.5 Å². The van der Waals surface area contributed by atoms with Crippen LogP contribution in [0.25, 0.3) is 0 Å². The first-order valence-corrected chi connectivity index (χ1v) is 8.04. The molecule has 0 amide bonds. The SMILES string of the molecule is CCCc1cccc(OC2C=C(Cl)C(CCCO)=CC2)c1. The number of hydrogen-bond donors (Lipinski definition) is 1. The van der Waals surface area contributed by atoms with Gasteiger partial charge in [0.1, 0.15) is 11.9 Å². The maximum atomic E-state index is 8.89. The normalized spacial score (nSPS) is 18.1. The number of aryl methyl sites for hydroxylation is 1. The van der Waals surface area contributed by atoms with E-state index < -0.39 is 0 Å². The van der Waals surface area contributed by atoms with E-state index in [0.29, 0.717) is 0 Å². The maximum Gasteiger partial charge on any atom is 0.122 e. The molecule has 0 fully saturated rings. The van der Waals surface area contributed by atoms with Crippen LogP contribution in [0.2, 0.25) is 0 Å². The summed E-state index contributed by atoms with van der Waals surface area (Å²) in [6.45, 7) is 2.38. The number of hydrogen-bond acceptors (Lipinski definition) is 2. The lowest BCUT2D eigenvalue weighted by atomic mass is 10.0. The van der Waals surface area contributed by atoms with Crippen molar-refractivity contribution in [2.24, 2.45) is 0 Å². The Morgan fingerprint density at radius 3 is 2.90 bits per heavy atom. The summed E-state index contributed by atoms with van der Waals surface area (Å²) >= 11 is 6.29. The Labute approximate surface area is 132 Å². The minimum absolute atomic E-state index is 0.00717. The van der Waals surface area contributed by atoms with E-state index in [1.165, 1.54) is 5.56 Å². The van der Waals surface area contributed by atoms with Crippen LogP contribution in [0.5, 0.6) is 5.75 Å². The zero-order valence-corrected chi connectivity index (χ0v) is 13.3. The first kappa shape index (κ1) is 16.1. The maximum absolute atomic E-state index is 8.89. The summed E-state index contributed by atoms with van der Waals surface area (Å²) in [5.41, 5.74) is 2.42. The molecule has 0 bridgehead atoms. The molecule has 1 atom stereocenters. The van der Waals surface area contributed by atoms with Gasteiger partial charge >= 0.3 is 0 Å². The van der Waals surface area contributed by atoms with Gasteiger partial charge in [0, 0.05) is 18.1 Å². The van der Waals surface area contributed by atoms with E-state index in [4.69, 9.17) is 21.4 Å². The van der Waals surface area contributed by atoms with Crippen LogP contribution in [0.3, 0.4) is 0 Å². The van der Waals surface area contributed by atoms with Crippen LogP contribution in [-0.2, 0) is 6.42 Å². The third-order valence-corrected chi connectivity index (χ3v) is 3.93. The van der Waals surface area contributed by atoms with E-state index in [0.717, 1.165) is 48.5 Å². The van der Waals surface area contributed by atoms with Crippen molar-refractivity contribution in [3.63, 3.8) is 0 Å². The fraction of sp³-hybridized carbons (Fsp3) is 0.444. The molecule has 0 aromatic heterocycles. The Morgan fingerprint density at radius 1 is 1.33 bits per heavy atom. The van der Waals surface area contributed by atoms with Gasteiger partial charge in [-0.1, -0.05) is 43.2 Å². The van der Waals surface area contributed by atoms with E-state index in [1.807, 2.05) is 18.2 Å². The van der Waals surface area contributed by atoms with Gasteiger partial charge in [-0.15, -0.1) is 0 Å². The summed E-state index contributed by atoms with van der Waals surface area (Å²) in [7, 11) is 0. The average Bonchev–Trinajstić information content (AvgIpc) is 2.47. The van der Waals surface area contributed by atoms with Crippen LogP contribution in [-0.4, -0.2) is 17.8 Å². The van der Waals surface area contributed by atoms with Gasteiger partial charge in [0.2, 0.25) is 0 Å². The smallest absolute Gasteiger partial charge is 0.122 e. The first-order chi connectivity index (χ1) is 10.2. The van der Waals surface area contributed by atoms with Gasteiger partial charge in [-0.3, -0.25) is 0 Å². The fourth-order valence-corrected chi connectivity index (χ4v) is 2.82. The van der Waals surface area contributed by atoms with E-state index >= 15 is 0 Å². The number of aliphatic hydroxyl groups is 1. The average molecular weight is 307 g/mol. The molecule has 21 heavy (non-hydrogen) atoms. The van der Waals surface area contributed by atoms with E-state index in [9.17, 15) is 0 Å². The first-order valence-electron chi connectivity index (χ1n) is 7.66. The molecule has 0 heterocycles. The van der Waals surface area contributed by atoms with Crippen molar-refractivity contribution in [2.45, 2.75) is 45.1 Å². The number of aliphatic hydroxyl groups excluding tert-OH is 1. The predicted molar refractivity (Wildman–Crippen MR) is 87.8 cm³/mol. The van der Waals surface area contributed by atoms with Crippen LogP contribution in [0.1, 0.15) is 38.2 Å². The van der Waals surface area contributed by atoms with Crippen molar-refractivity contribution in [3.8, 4) is 5.75 Å². The van der Waals surface area contributed by atoms with Crippen molar-refractivity contribution in [2.75, 3.05) is 6.61 Å². The van der Waals surface area contributed by atoms with Crippen LogP contribution in [0.4, 0.5) is 0 Å². The molecule has 1 aromatic rings. The highest BCUT2D eigenvalue weighted by Gasteiger charge is 2.15. The van der Waals surface area contributed by atoms with Crippen molar-refractivity contribution < 1.29 is 9.84 Å². The zero-order chi connectivity index (χ0) is 15.1. The minimum Gasteiger partial charge on any atom is -0.486 e. The Bertz CT molecular complexity index is 520. The highest BCUT2D eigenvalue weighted by molar-refractivity contribution is 6.32. The Balaban J connectivity index is 1.96. The molecule has 114 valence electrons. The molecule has 2 nitrogen and oxygen atoms in total. The summed E-state index contributed by atoms with van der Waals surface area (Å²) < 4.78 is 6.01. The molecule has 0 aliphatic heterocycles. The quantitative estimate of drug-likeness (QED) is 0.797. The Kier molecular flexibility index (Phi) is 6.34. The van der Waals surface area contributed by atoms with E-state index in [-0.39, 0.29) is 12.7 Å². The van der Waals surface area contributed by atoms with E-state index in [2.05, 4.69) is 25.1 Å². The molecular weight excluding hydrogens is 284 g/mol. The lowest BCUT2D eigenvalue weighted by Crippen LogP contribution is -2.16. The van der Waals surface area contributed by atoms with E-state index in [1.54, 1.807) is 0 Å².